The molecule has 0 saturated carbocycles. The van der Waals surface area contributed by atoms with E-state index in [1.165, 1.54) is 0 Å². The molecule has 0 unspecified atom stereocenters. The molecule has 5 heteroatoms. The number of benzene rings is 1. The minimum atomic E-state index is -2.91. The van der Waals surface area contributed by atoms with Crippen LogP contribution < -0.4 is 4.46 Å². The second-order valence-corrected chi connectivity index (χ2v) is 10.1. The zero-order valence-corrected chi connectivity index (χ0v) is 12.9. The molecule has 1 aromatic carbocycles. The van der Waals surface area contributed by atoms with E-state index in [1.54, 1.807) is 0 Å². The van der Waals surface area contributed by atoms with Gasteiger partial charge in [-0.25, -0.2) is 0 Å². The molecule has 0 aliphatic heterocycles. The Bertz CT molecular complexity index is 344. The van der Waals surface area contributed by atoms with Crippen molar-refractivity contribution in [2.75, 3.05) is 13.2 Å². The van der Waals surface area contributed by atoms with Gasteiger partial charge in [0.2, 0.25) is 0 Å². The average Bonchev–Trinajstić information content (AvgIpc) is 2.35. The third kappa shape index (κ3) is 5.85. The minimum absolute atomic E-state index is 0.265. The van der Waals surface area contributed by atoms with E-state index in [9.17, 15) is 4.57 Å². The summed E-state index contributed by atoms with van der Waals surface area (Å²) in [6, 6.07) is 9.78. The molecule has 1 aromatic rings. The van der Waals surface area contributed by atoms with Crippen molar-refractivity contribution in [3.63, 3.8) is 0 Å². The van der Waals surface area contributed by atoms with Crippen LogP contribution in [0.2, 0.25) is 0 Å². The van der Waals surface area contributed by atoms with Gasteiger partial charge < -0.3 is 0 Å². The summed E-state index contributed by atoms with van der Waals surface area (Å²) in [6.07, 6.45) is -1.21. The molecule has 17 heavy (non-hydrogen) atoms. The van der Waals surface area contributed by atoms with Crippen LogP contribution in [-0.4, -0.2) is 27.7 Å². The van der Waals surface area contributed by atoms with Crippen LogP contribution in [0.5, 0.6) is 0 Å². The van der Waals surface area contributed by atoms with Crippen LogP contribution in [0, 0.1) is 0 Å². The number of rotatable bonds is 8. The molecule has 0 aromatic heterocycles. The van der Waals surface area contributed by atoms with Crippen molar-refractivity contribution in [1.29, 1.82) is 0 Å². The SMILES string of the molecule is CCCOP(=O)(OCCC)[Se]c1ccccc1. The second-order valence-electron chi connectivity index (χ2n) is 3.52. The van der Waals surface area contributed by atoms with Gasteiger partial charge in [-0.3, -0.25) is 0 Å². The van der Waals surface area contributed by atoms with E-state index in [0.29, 0.717) is 13.2 Å². The van der Waals surface area contributed by atoms with E-state index in [2.05, 4.69) is 0 Å². The van der Waals surface area contributed by atoms with Gasteiger partial charge in [0.25, 0.3) is 0 Å². The standard InChI is InChI=1S/C12H19O3PSe/c1-3-10-14-16(13,15-11-4-2)17-12-8-6-5-7-9-12/h5-9H,3-4,10-11H2,1-2H3. The fraction of sp³-hybridized carbons (Fsp3) is 0.500. The zero-order chi connectivity index (χ0) is 12.6. The Balaban J connectivity index is 2.65. The molecule has 0 fully saturated rings. The quantitative estimate of drug-likeness (QED) is 0.545. The zero-order valence-electron chi connectivity index (χ0n) is 10.3. The van der Waals surface area contributed by atoms with Gasteiger partial charge in [0.1, 0.15) is 0 Å². The molecule has 0 aliphatic carbocycles. The van der Waals surface area contributed by atoms with E-state index in [1.807, 2.05) is 44.2 Å². The molecule has 0 atom stereocenters. The maximum absolute atomic E-state index is 12.5. The molecule has 0 saturated heterocycles. The Hall–Kier alpha value is -0.111. The summed E-state index contributed by atoms with van der Waals surface area (Å²) in [4.78, 5) is 0. The fourth-order valence-electron chi connectivity index (χ4n) is 1.11. The Morgan fingerprint density at radius 1 is 1.06 bits per heavy atom. The number of hydrogen-bond donors (Lipinski definition) is 0. The Labute approximate surface area is 109 Å². The first-order valence-corrected chi connectivity index (χ1v) is 10.5. The van der Waals surface area contributed by atoms with Crippen molar-refractivity contribution >= 4 is 25.3 Å². The third-order valence-corrected chi connectivity index (χ3v) is 7.93. The van der Waals surface area contributed by atoms with Crippen LogP contribution in [0.1, 0.15) is 26.7 Å². The van der Waals surface area contributed by atoms with Crippen LogP contribution in [0.4, 0.5) is 0 Å². The van der Waals surface area contributed by atoms with Gasteiger partial charge in [-0.2, -0.15) is 0 Å². The van der Waals surface area contributed by atoms with Crippen LogP contribution in [0.3, 0.4) is 0 Å². The third-order valence-electron chi connectivity index (χ3n) is 1.87. The van der Waals surface area contributed by atoms with Gasteiger partial charge in [-0.05, 0) is 0 Å². The molecule has 0 bridgehead atoms. The molecular weight excluding hydrogens is 302 g/mol. The summed E-state index contributed by atoms with van der Waals surface area (Å²) in [5.74, 6) is 0. The predicted octanol–water partition coefficient (Wildman–Crippen LogP) is 2.98. The molecule has 0 aliphatic rings. The van der Waals surface area contributed by atoms with Crippen LogP contribution in [0.15, 0.2) is 30.3 Å². The normalized spacial score (nSPS) is 11.6. The van der Waals surface area contributed by atoms with E-state index >= 15 is 0 Å². The topological polar surface area (TPSA) is 35.5 Å². The summed E-state index contributed by atoms with van der Waals surface area (Å²) in [5.41, 5.74) is 0. The summed E-state index contributed by atoms with van der Waals surface area (Å²) >= 11 is -0.265. The van der Waals surface area contributed by atoms with Gasteiger partial charge >= 0.3 is 109 Å². The predicted molar refractivity (Wildman–Crippen MR) is 71.9 cm³/mol. The van der Waals surface area contributed by atoms with Crippen molar-refractivity contribution in [3.8, 4) is 0 Å². The molecule has 1 rings (SSSR count). The summed E-state index contributed by atoms with van der Waals surface area (Å²) in [7, 11) is 0. The Morgan fingerprint density at radius 2 is 1.59 bits per heavy atom. The Kier molecular flexibility index (Phi) is 7.10. The molecule has 3 nitrogen and oxygen atoms in total. The summed E-state index contributed by atoms with van der Waals surface area (Å²) in [6.45, 7) is 4.99. The molecule has 0 amide bonds. The monoisotopic (exact) mass is 322 g/mol. The van der Waals surface area contributed by atoms with Crippen molar-refractivity contribution in [2.45, 2.75) is 26.7 Å². The fourth-order valence-corrected chi connectivity index (χ4v) is 6.80. The van der Waals surface area contributed by atoms with Crippen molar-refractivity contribution in [1.82, 2.24) is 0 Å². The van der Waals surface area contributed by atoms with Gasteiger partial charge in [0, 0.05) is 0 Å². The van der Waals surface area contributed by atoms with Crippen LogP contribution in [-0.2, 0) is 13.6 Å². The first-order valence-electron chi connectivity index (χ1n) is 5.84. The Morgan fingerprint density at radius 3 is 2.06 bits per heavy atom. The van der Waals surface area contributed by atoms with Gasteiger partial charge in [-0.1, -0.05) is 0 Å². The summed E-state index contributed by atoms with van der Waals surface area (Å²) in [5, 5.41) is 0. The molecular formula is C12H19O3PSe. The van der Waals surface area contributed by atoms with Gasteiger partial charge in [-0.15, -0.1) is 0 Å². The second kappa shape index (κ2) is 8.07. The van der Waals surface area contributed by atoms with E-state index in [4.69, 9.17) is 9.05 Å². The molecule has 0 heterocycles. The van der Waals surface area contributed by atoms with Gasteiger partial charge in [0.05, 0.1) is 0 Å². The first kappa shape index (κ1) is 14.9. The molecule has 0 N–H and O–H groups in total. The van der Waals surface area contributed by atoms with Crippen molar-refractivity contribution < 1.29 is 13.6 Å². The molecule has 0 radical (unpaired) electrons. The van der Waals surface area contributed by atoms with E-state index in [-0.39, 0.29) is 14.5 Å². The molecule has 96 valence electrons. The van der Waals surface area contributed by atoms with Crippen molar-refractivity contribution in [2.24, 2.45) is 0 Å². The average molecular weight is 321 g/mol. The van der Waals surface area contributed by atoms with E-state index in [0.717, 1.165) is 17.3 Å². The van der Waals surface area contributed by atoms with E-state index < -0.39 is 6.29 Å². The number of hydrogen-bond acceptors (Lipinski definition) is 3. The maximum atomic E-state index is 12.5. The molecule has 0 spiro atoms. The van der Waals surface area contributed by atoms with Crippen LogP contribution in [0.25, 0.3) is 0 Å². The first-order chi connectivity index (χ1) is 8.20. The van der Waals surface area contributed by atoms with Crippen LogP contribution >= 0.6 is 6.29 Å². The van der Waals surface area contributed by atoms with Crippen molar-refractivity contribution in [3.05, 3.63) is 30.3 Å². The van der Waals surface area contributed by atoms with Gasteiger partial charge in [0.15, 0.2) is 0 Å². The summed E-state index contributed by atoms with van der Waals surface area (Å²) < 4.78 is 24.4.